The van der Waals surface area contributed by atoms with Gasteiger partial charge in [0, 0.05) is 18.9 Å². The molecule has 0 radical (unpaired) electrons. The van der Waals surface area contributed by atoms with Crippen molar-refractivity contribution in [1.82, 2.24) is 10.2 Å². The molecular formula is C18H22Cl2N3O3+. The van der Waals surface area contributed by atoms with Crippen LogP contribution in [0.4, 0.5) is 0 Å². The third kappa shape index (κ3) is 3.87. The SMILES string of the molecule is CCC[NH+]1CCC(NC(=O)CN2C(=O)c3cc(Cl)c(Cl)cc3C2=O)CC1. The highest BCUT2D eigenvalue weighted by molar-refractivity contribution is 6.43. The number of hydrogen-bond acceptors (Lipinski definition) is 3. The van der Waals surface area contributed by atoms with E-state index >= 15 is 0 Å². The van der Waals surface area contributed by atoms with E-state index in [-0.39, 0.29) is 39.7 Å². The number of nitrogens with zero attached hydrogens (tertiary/aromatic N) is 1. The molecule has 1 aromatic carbocycles. The Morgan fingerprint density at radius 2 is 1.69 bits per heavy atom. The molecule has 1 saturated heterocycles. The highest BCUT2D eigenvalue weighted by atomic mass is 35.5. The van der Waals surface area contributed by atoms with Gasteiger partial charge in [0.05, 0.1) is 40.8 Å². The maximum Gasteiger partial charge on any atom is 0.262 e. The Balaban J connectivity index is 1.59. The van der Waals surface area contributed by atoms with Crippen molar-refractivity contribution in [3.63, 3.8) is 0 Å². The van der Waals surface area contributed by atoms with Crippen molar-refractivity contribution < 1.29 is 19.3 Å². The maximum atomic E-state index is 12.4. The van der Waals surface area contributed by atoms with E-state index in [0.717, 1.165) is 43.8 Å². The molecule has 2 heterocycles. The summed E-state index contributed by atoms with van der Waals surface area (Å²) in [6.45, 7) is 5.10. The molecule has 3 amide bonds. The van der Waals surface area contributed by atoms with E-state index in [0.29, 0.717) is 0 Å². The molecule has 26 heavy (non-hydrogen) atoms. The lowest BCUT2D eigenvalue weighted by atomic mass is 10.0. The molecule has 140 valence electrons. The van der Waals surface area contributed by atoms with E-state index < -0.39 is 11.8 Å². The van der Waals surface area contributed by atoms with Crippen LogP contribution in [-0.4, -0.2) is 54.8 Å². The molecule has 0 atom stereocenters. The fourth-order valence-corrected chi connectivity index (χ4v) is 3.95. The fraction of sp³-hybridized carbons (Fsp3) is 0.500. The summed E-state index contributed by atoms with van der Waals surface area (Å²) in [6.07, 6.45) is 2.98. The van der Waals surface area contributed by atoms with Gasteiger partial charge in [0.15, 0.2) is 0 Å². The van der Waals surface area contributed by atoms with E-state index in [1.807, 2.05) is 0 Å². The summed E-state index contributed by atoms with van der Waals surface area (Å²) in [5.41, 5.74) is 0.377. The maximum absolute atomic E-state index is 12.4. The van der Waals surface area contributed by atoms with E-state index in [9.17, 15) is 14.4 Å². The molecule has 0 bridgehead atoms. The lowest BCUT2D eigenvalue weighted by Crippen LogP contribution is -3.13. The quantitative estimate of drug-likeness (QED) is 0.731. The average molecular weight is 399 g/mol. The van der Waals surface area contributed by atoms with Crippen molar-refractivity contribution >= 4 is 40.9 Å². The first-order valence-electron chi connectivity index (χ1n) is 8.88. The zero-order valence-electron chi connectivity index (χ0n) is 14.6. The van der Waals surface area contributed by atoms with Crippen LogP contribution in [0.25, 0.3) is 0 Å². The normalized spacial score (nSPS) is 22.5. The van der Waals surface area contributed by atoms with Gasteiger partial charge in [-0.15, -0.1) is 0 Å². The van der Waals surface area contributed by atoms with E-state index in [1.165, 1.54) is 12.1 Å². The van der Waals surface area contributed by atoms with Crippen LogP contribution in [0.15, 0.2) is 12.1 Å². The summed E-state index contributed by atoms with van der Waals surface area (Å²) in [5.74, 6) is -1.34. The molecule has 0 aromatic heterocycles. The number of likely N-dealkylation sites (tertiary alicyclic amines) is 1. The molecule has 6 nitrogen and oxygen atoms in total. The Labute approximate surface area is 162 Å². The van der Waals surface area contributed by atoms with Gasteiger partial charge >= 0.3 is 0 Å². The van der Waals surface area contributed by atoms with Crippen LogP contribution in [-0.2, 0) is 4.79 Å². The minimum atomic E-state index is -0.513. The summed E-state index contributed by atoms with van der Waals surface area (Å²) in [6, 6.07) is 2.86. The number of halogens is 2. The Morgan fingerprint density at radius 3 is 2.19 bits per heavy atom. The number of carbonyl (C=O) groups is 3. The molecule has 8 heteroatoms. The fourth-order valence-electron chi connectivity index (χ4n) is 3.62. The number of rotatable bonds is 5. The van der Waals surface area contributed by atoms with Gasteiger partial charge in [-0.1, -0.05) is 30.1 Å². The van der Waals surface area contributed by atoms with Crippen molar-refractivity contribution in [2.45, 2.75) is 32.2 Å². The van der Waals surface area contributed by atoms with Crippen molar-refractivity contribution in [3.8, 4) is 0 Å². The van der Waals surface area contributed by atoms with Gasteiger partial charge in [-0.2, -0.15) is 0 Å². The van der Waals surface area contributed by atoms with E-state index in [1.54, 1.807) is 4.90 Å². The Hall–Kier alpha value is -1.63. The van der Waals surface area contributed by atoms with Gasteiger partial charge in [0.2, 0.25) is 5.91 Å². The highest BCUT2D eigenvalue weighted by Gasteiger charge is 2.37. The third-order valence-corrected chi connectivity index (χ3v) is 5.70. The number of quaternary nitrogens is 1. The largest absolute Gasteiger partial charge is 0.351 e. The predicted octanol–water partition coefficient (Wildman–Crippen LogP) is 1.16. The summed E-state index contributed by atoms with van der Waals surface area (Å²) in [5, 5.41) is 3.36. The molecule has 1 aromatic rings. The van der Waals surface area contributed by atoms with Crippen LogP contribution in [0.1, 0.15) is 46.9 Å². The zero-order valence-corrected chi connectivity index (χ0v) is 16.1. The highest BCUT2D eigenvalue weighted by Crippen LogP contribution is 2.31. The van der Waals surface area contributed by atoms with Crippen molar-refractivity contribution in [2.75, 3.05) is 26.2 Å². The van der Waals surface area contributed by atoms with Crippen molar-refractivity contribution in [1.29, 1.82) is 0 Å². The van der Waals surface area contributed by atoms with Crippen molar-refractivity contribution in [2.24, 2.45) is 0 Å². The first-order valence-corrected chi connectivity index (χ1v) is 9.64. The molecule has 3 rings (SSSR count). The van der Waals surface area contributed by atoms with Crippen LogP contribution in [0.2, 0.25) is 10.0 Å². The first kappa shape index (κ1) is 19.1. The summed E-state index contributed by atoms with van der Waals surface area (Å²) < 4.78 is 0. The number of imide groups is 1. The summed E-state index contributed by atoms with van der Waals surface area (Å²) in [4.78, 5) is 39.7. The standard InChI is InChI=1S/C18H21Cl2N3O3/c1-2-5-22-6-3-11(4-7-22)21-16(24)10-23-17(25)12-8-14(19)15(20)9-13(12)18(23)26/h8-9,11H,2-7,10H2,1H3,(H,21,24)/p+1. The molecule has 0 unspecified atom stereocenters. The van der Waals surface area contributed by atoms with E-state index in [4.69, 9.17) is 23.2 Å². The molecule has 0 spiro atoms. The Kier molecular flexibility index (Phi) is 5.85. The van der Waals surface area contributed by atoms with Crippen LogP contribution < -0.4 is 10.2 Å². The molecule has 0 saturated carbocycles. The van der Waals surface area contributed by atoms with Crippen LogP contribution in [0.3, 0.4) is 0 Å². The van der Waals surface area contributed by atoms with Gasteiger partial charge in [-0.25, -0.2) is 0 Å². The monoisotopic (exact) mass is 398 g/mol. The summed E-state index contributed by atoms with van der Waals surface area (Å²) >= 11 is 11.9. The molecule has 0 aliphatic carbocycles. The van der Waals surface area contributed by atoms with Gasteiger partial charge in [-0.05, 0) is 18.6 Å². The van der Waals surface area contributed by atoms with Crippen LogP contribution >= 0.6 is 23.2 Å². The molecule has 2 N–H and O–H groups in total. The van der Waals surface area contributed by atoms with Gasteiger partial charge < -0.3 is 10.2 Å². The van der Waals surface area contributed by atoms with Crippen LogP contribution in [0, 0.1) is 0 Å². The number of carbonyl (C=O) groups excluding carboxylic acids is 3. The third-order valence-electron chi connectivity index (χ3n) is 4.97. The van der Waals surface area contributed by atoms with Crippen LogP contribution in [0.5, 0.6) is 0 Å². The lowest BCUT2D eigenvalue weighted by Gasteiger charge is -2.29. The average Bonchev–Trinajstić information content (AvgIpc) is 2.82. The smallest absolute Gasteiger partial charge is 0.262 e. The molecule has 1 fully saturated rings. The minimum Gasteiger partial charge on any atom is -0.351 e. The van der Waals surface area contributed by atoms with Crippen molar-refractivity contribution in [3.05, 3.63) is 33.3 Å². The minimum absolute atomic E-state index is 0.0992. The topological polar surface area (TPSA) is 70.9 Å². The number of benzene rings is 1. The zero-order chi connectivity index (χ0) is 18.8. The number of amides is 3. The number of nitrogens with one attached hydrogen (secondary N) is 2. The second-order valence-corrected chi connectivity index (χ2v) is 7.66. The summed E-state index contributed by atoms with van der Waals surface area (Å²) in [7, 11) is 0. The second kappa shape index (κ2) is 7.94. The van der Waals surface area contributed by atoms with Gasteiger partial charge in [-0.3, -0.25) is 19.3 Å². The molecule has 2 aliphatic rings. The van der Waals surface area contributed by atoms with E-state index in [2.05, 4.69) is 12.2 Å². The molecule has 2 aliphatic heterocycles. The number of hydrogen-bond donors (Lipinski definition) is 2. The Bertz CT molecular complexity index is 704. The predicted molar refractivity (Wildman–Crippen MR) is 98.8 cm³/mol. The van der Waals surface area contributed by atoms with Gasteiger partial charge in [0.25, 0.3) is 11.8 Å². The number of piperidine rings is 1. The van der Waals surface area contributed by atoms with Gasteiger partial charge in [0.1, 0.15) is 6.54 Å². The number of fused-ring (bicyclic) bond motifs is 1. The Morgan fingerprint density at radius 1 is 1.15 bits per heavy atom. The second-order valence-electron chi connectivity index (χ2n) is 6.85. The molecular weight excluding hydrogens is 377 g/mol. The first-order chi connectivity index (χ1) is 12.4. The lowest BCUT2D eigenvalue weighted by molar-refractivity contribution is -0.905.